The summed E-state index contributed by atoms with van der Waals surface area (Å²) in [6.07, 6.45) is 2.51. The first kappa shape index (κ1) is 11.6. The Kier molecular flexibility index (Phi) is 3.38. The van der Waals surface area contributed by atoms with Crippen LogP contribution in [0.2, 0.25) is 0 Å². The van der Waals surface area contributed by atoms with Gasteiger partial charge < -0.3 is 20.1 Å². The number of hydrogen-bond acceptors (Lipinski definition) is 4. The van der Waals surface area contributed by atoms with E-state index < -0.39 is 18.2 Å². The molecule has 0 aliphatic carbocycles. The predicted molar refractivity (Wildman–Crippen MR) is 56.0 cm³/mol. The topological polar surface area (TPSA) is 104 Å². The number of nitrogens with zero attached hydrogens (tertiary/aromatic N) is 1. The van der Waals surface area contributed by atoms with E-state index in [2.05, 4.69) is 15.3 Å². The number of carbonyl (C=O) groups excluding carboxylic acids is 1. The summed E-state index contributed by atoms with van der Waals surface area (Å²) in [5.41, 5.74) is 0. The number of rotatable bonds is 4. The Morgan fingerprint density at radius 2 is 2.29 bits per heavy atom. The number of H-pyrrole nitrogens is 1. The average Bonchev–Trinajstić information content (AvgIpc) is 2.96. The van der Waals surface area contributed by atoms with E-state index >= 15 is 0 Å². The second-order valence-electron chi connectivity index (χ2n) is 3.78. The highest BCUT2D eigenvalue weighted by Crippen LogP contribution is 2.19. The molecule has 2 heterocycles. The smallest absolute Gasteiger partial charge is 0.332 e. The molecule has 92 valence electrons. The largest absolute Gasteiger partial charge is 0.479 e. The molecule has 0 radical (unpaired) electrons. The van der Waals surface area contributed by atoms with Gasteiger partial charge in [-0.05, 0) is 12.8 Å². The molecule has 0 spiro atoms. The Morgan fingerprint density at radius 1 is 1.53 bits per heavy atom. The van der Waals surface area contributed by atoms with Gasteiger partial charge in [-0.3, -0.25) is 4.79 Å². The molecular formula is C10H13N3O4. The lowest BCUT2D eigenvalue weighted by Gasteiger charge is -2.10. The SMILES string of the molecule is O=C(O)C1CCC(C(=O)NCc2ncc[nH]2)O1. The molecule has 7 nitrogen and oxygen atoms in total. The Bertz CT molecular complexity index is 404. The molecule has 1 amide bonds. The summed E-state index contributed by atoms with van der Waals surface area (Å²) in [5, 5.41) is 11.4. The fraction of sp³-hybridized carbons (Fsp3) is 0.500. The maximum atomic E-state index is 11.6. The molecule has 2 atom stereocenters. The zero-order valence-electron chi connectivity index (χ0n) is 9.05. The van der Waals surface area contributed by atoms with Crippen LogP contribution < -0.4 is 5.32 Å². The van der Waals surface area contributed by atoms with Crippen molar-refractivity contribution in [1.82, 2.24) is 15.3 Å². The Labute approximate surface area is 97.2 Å². The summed E-state index contributed by atoms with van der Waals surface area (Å²) in [5.74, 6) is -0.678. The van der Waals surface area contributed by atoms with E-state index in [0.717, 1.165) is 0 Å². The van der Waals surface area contributed by atoms with Gasteiger partial charge in [-0.1, -0.05) is 0 Å². The molecule has 1 saturated heterocycles. The number of hydrogen-bond donors (Lipinski definition) is 3. The van der Waals surface area contributed by atoms with Gasteiger partial charge in [0.2, 0.25) is 5.91 Å². The van der Waals surface area contributed by atoms with Crippen molar-refractivity contribution in [1.29, 1.82) is 0 Å². The molecule has 0 aromatic carbocycles. The normalized spacial score (nSPS) is 23.5. The average molecular weight is 239 g/mol. The number of aromatic nitrogens is 2. The minimum absolute atomic E-state index is 0.281. The number of carboxylic acids is 1. The van der Waals surface area contributed by atoms with Crippen LogP contribution >= 0.6 is 0 Å². The zero-order chi connectivity index (χ0) is 12.3. The molecule has 1 aliphatic rings. The first-order valence-electron chi connectivity index (χ1n) is 5.31. The van der Waals surface area contributed by atoms with Gasteiger partial charge in [0, 0.05) is 12.4 Å². The maximum Gasteiger partial charge on any atom is 0.332 e. The van der Waals surface area contributed by atoms with Crippen LogP contribution in [0.15, 0.2) is 12.4 Å². The Balaban J connectivity index is 1.79. The third-order valence-electron chi connectivity index (χ3n) is 2.57. The van der Waals surface area contributed by atoms with Gasteiger partial charge in [0.1, 0.15) is 11.9 Å². The van der Waals surface area contributed by atoms with E-state index in [9.17, 15) is 9.59 Å². The van der Waals surface area contributed by atoms with Crippen LogP contribution in [0.1, 0.15) is 18.7 Å². The maximum absolute atomic E-state index is 11.6. The molecule has 7 heteroatoms. The van der Waals surface area contributed by atoms with E-state index in [1.165, 1.54) is 0 Å². The molecule has 3 N–H and O–H groups in total. The zero-order valence-corrected chi connectivity index (χ0v) is 9.05. The third kappa shape index (κ3) is 2.82. The lowest BCUT2D eigenvalue weighted by atomic mass is 10.2. The lowest BCUT2D eigenvalue weighted by Crippen LogP contribution is -2.35. The van der Waals surface area contributed by atoms with Crippen molar-refractivity contribution in [3.63, 3.8) is 0 Å². The summed E-state index contributed by atoms with van der Waals surface area (Å²) in [4.78, 5) is 29.1. The number of carbonyl (C=O) groups is 2. The molecule has 17 heavy (non-hydrogen) atoms. The monoisotopic (exact) mass is 239 g/mol. The van der Waals surface area contributed by atoms with E-state index in [1.54, 1.807) is 12.4 Å². The van der Waals surface area contributed by atoms with Crippen molar-refractivity contribution in [3.8, 4) is 0 Å². The molecule has 1 aromatic rings. The van der Waals surface area contributed by atoms with E-state index in [4.69, 9.17) is 9.84 Å². The van der Waals surface area contributed by atoms with Gasteiger partial charge in [0.15, 0.2) is 6.10 Å². The standard InChI is InChI=1S/C10H13N3O4/c14-9(13-5-8-11-3-4-12-8)6-1-2-7(17-6)10(15)16/h3-4,6-7H,1-2,5H2,(H,11,12)(H,13,14)(H,15,16). The quantitative estimate of drug-likeness (QED) is 0.666. The van der Waals surface area contributed by atoms with Crippen LogP contribution in [-0.2, 0) is 20.9 Å². The fourth-order valence-electron chi connectivity index (χ4n) is 1.69. The van der Waals surface area contributed by atoms with Crippen LogP contribution in [-0.4, -0.2) is 39.2 Å². The van der Waals surface area contributed by atoms with E-state index in [0.29, 0.717) is 18.7 Å². The van der Waals surface area contributed by atoms with Gasteiger partial charge in [-0.25, -0.2) is 9.78 Å². The predicted octanol–water partition coefficient (Wildman–Crippen LogP) is -0.342. The van der Waals surface area contributed by atoms with Crippen LogP contribution in [0.5, 0.6) is 0 Å². The highest BCUT2D eigenvalue weighted by Gasteiger charge is 2.34. The van der Waals surface area contributed by atoms with Crippen molar-refractivity contribution < 1.29 is 19.4 Å². The molecule has 1 aliphatic heterocycles. The van der Waals surface area contributed by atoms with Crippen molar-refractivity contribution in [2.24, 2.45) is 0 Å². The fourth-order valence-corrected chi connectivity index (χ4v) is 1.69. The van der Waals surface area contributed by atoms with Crippen LogP contribution in [0.4, 0.5) is 0 Å². The number of aromatic amines is 1. The van der Waals surface area contributed by atoms with E-state index in [1.807, 2.05) is 0 Å². The number of ether oxygens (including phenoxy) is 1. The first-order chi connectivity index (χ1) is 8.16. The van der Waals surface area contributed by atoms with Crippen molar-refractivity contribution in [2.75, 3.05) is 0 Å². The molecule has 1 aromatic heterocycles. The van der Waals surface area contributed by atoms with Crippen molar-refractivity contribution in [2.45, 2.75) is 31.6 Å². The molecule has 1 fully saturated rings. The Hall–Kier alpha value is -1.89. The third-order valence-corrected chi connectivity index (χ3v) is 2.57. The van der Waals surface area contributed by atoms with Gasteiger partial charge >= 0.3 is 5.97 Å². The number of aliphatic carboxylic acids is 1. The summed E-state index contributed by atoms with van der Waals surface area (Å²) in [7, 11) is 0. The molecule has 2 rings (SSSR count). The second-order valence-corrected chi connectivity index (χ2v) is 3.78. The summed E-state index contributed by atoms with van der Waals surface area (Å²) >= 11 is 0. The number of imidazole rings is 1. The minimum Gasteiger partial charge on any atom is -0.479 e. The molecule has 2 unspecified atom stereocenters. The van der Waals surface area contributed by atoms with Crippen molar-refractivity contribution >= 4 is 11.9 Å². The van der Waals surface area contributed by atoms with E-state index in [-0.39, 0.29) is 12.5 Å². The van der Waals surface area contributed by atoms with Crippen LogP contribution in [0.25, 0.3) is 0 Å². The molecule has 0 saturated carbocycles. The van der Waals surface area contributed by atoms with Gasteiger partial charge in [-0.2, -0.15) is 0 Å². The second kappa shape index (κ2) is 4.96. The number of amides is 1. The minimum atomic E-state index is -1.02. The van der Waals surface area contributed by atoms with Crippen molar-refractivity contribution in [3.05, 3.63) is 18.2 Å². The number of nitrogens with one attached hydrogen (secondary N) is 2. The Morgan fingerprint density at radius 3 is 2.88 bits per heavy atom. The summed E-state index contributed by atoms with van der Waals surface area (Å²) in [6.45, 7) is 0.281. The molecular weight excluding hydrogens is 226 g/mol. The van der Waals surface area contributed by atoms with Gasteiger partial charge in [-0.15, -0.1) is 0 Å². The van der Waals surface area contributed by atoms with Gasteiger partial charge in [0.25, 0.3) is 0 Å². The van der Waals surface area contributed by atoms with Crippen LogP contribution in [0.3, 0.4) is 0 Å². The summed E-state index contributed by atoms with van der Waals surface area (Å²) in [6, 6.07) is 0. The van der Waals surface area contributed by atoms with Crippen LogP contribution in [0, 0.1) is 0 Å². The highest BCUT2D eigenvalue weighted by molar-refractivity contribution is 5.82. The first-order valence-corrected chi connectivity index (χ1v) is 5.31. The molecule has 0 bridgehead atoms. The lowest BCUT2D eigenvalue weighted by molar-refractivity contribution is -0.151. The summed E-state index contributed by atoms with van der Waals surface area (Å²) < 4.78 is 5.11. The highest BCUT2D eigenvalue weighted by atomic mass is 16.5. The van der Waals surface area contributed by atoms with Gasteiger partial charge in [0.05, 0.1) is 6.54 Å². The number of carboxylic acid groups (broad SMARTS) is 1.